The second-order valence-corrected chi connectivity index (χ2v) is 4.89. The maximum absolute atomic E-state index is 13.8. The molecule has 0 atom stereocenters. The molecule has 20 heavy (non-hydrogen) atoms. The van der Waals surface area contributed by atoms with Gasteiger partial charge in [-0.3, -0.25) is 0 Å². The van der Waals surface area contributed by atoms with E-state index in [2.05, 4.69) is 18.8 Å². The highest BCUT2D eigenvalue weighted by Gasteiger charge is 2.09. The van der Waals surface area contributed by atoms with E-state index in [4.69, 9.17) is 4.74 Å². The van der Waals surface area contributed by atoms with Crippen molar-refractivity contribution in [1.29, 1.82) is 0 Å². The van der Waals surface area contributed by atoms with Crippen molar-refractivity contribution in [3.8, 4) is 5.75 Å². The first-order chi connectivity index (χ1) is 9.79. The molecular formula is C17H26FNO. The molecule has 0 fully saturated rings. The molecule has 0 saturated carbocycles. The average Bonchev–Trinajstić information content (AvgIpc) is 2.45. The van der Waals surface area contributed by atoms with Gasteiger partial charge in [0.2, 0.25) is 0 Å². The van der Waals surface area contributed by atoms with Crippen LogP contribution in [0.2, 0.25) is 0 Å². The lowest BCUT2D eigenvalue weighted by molar-refractivity contribution is 0.287. The molecule has 0 aromatic heterocycles. The zero-order chi connectivity index (χ0) is 14.6. The Bertz CT molecular complexity index is 393. The number of hydrogen-bond donors (Lipinski definition) is 1. The normalized spacial score (nSPS) is 10.5. The lowest BCUT2D eigenvalue weighted by Gasteiger charge is -2.13. The lowest BCUT2D eigenvalue weighted by atomic mass is 10.2. The Labute approximate surface area is 122 Å². The number of ether oxygens (including phenoxy) is 1. The Balaban J connectivity index is 2.43. The van der Waals surface area contributed by atoms with E-state index in [9.17, 15) is 4.39 Å². The minimum atomic E-state index is -0.271. The smallest absolute Gasteiger partial charge is 0.165 e. The molecule has 0 aliphatic carbocycles. The SMILES string of the molecule is C=CCCCCCOc1c(F)cccc1CNCCC. The molecule has 0 aliphatic heterocycles. The van der Waals surface area contributed by atoms with Gasteiger partial charge in [0.15, 0.2) is 11.6 Å². The van der Waals surface area contributed by atoms with Gasteiger partial charge in [0.25, 0.3) is 0 Å². The van der Waals surface area contributed by atoms with Crippen molar-refractivity contribution in [3.63, 3.8) is 0 Å². The standard InChI is InChI=1S/C17H26FNO/c1-3-5-6-7-8-13-20-17-15(14-19-12-4-2)10-9-11-16(17)18/h3,9-11,19H,1,4-8,12-14H2,2H3. The zero-order valence-electron chi connectivity index (χ0n) is 12.5. The summed E-state index contributed by atoms with van der Waals surface area (Å²) in [5, 5.41) is 3.28. The van der Waals surface area contributed by atoms with E-state index in [1.165, 1.54) is 6.07 Å². The molecule has 0 radical (unpaired) electrons. The first kappa shape index (κ1) is 16.7. The fourth-order valence-corrected chi connectivity index (χ4v) is 2.00. The quantitative estimate of drug-likeness (QED) is 0.477. The molecule has 3 heteroatoms. The van der Waals surface area contributed by atoms with E-state index in [1.54, 1.807) is 6.07 Å². The van der Waals surface area contributed by atoms with E-state index >= 15 is 0 Å². The van der Waals surface area contributed by atoms with Crippen molar-refractivity contribution in [1.82, 2.24) is 5.32 Å². The van der Waals surface area contributed by atoms with Gasteiger partial charge >= 0.3 is 0 Å². The first-order valence-corrected chi connectivity index (χ1v) is 7.51. The average molecular weight is 279 g/mol. The van der Waals surface area contributed by atoms with E-state index < -0.39 is 0 Å². The van der Waals surface area contributed by atoms with Gasteiger partial charge in [-0.2, -0.15) is 0 Å². The van der Waals surface area contributed by atoms with Gasteiger partial charge in [-0.15, -0.1) is 6.58 Å². The summed E-state index contributed by atoms with van der Waals surface area (Å²) in [6.07, 6.45) is 7.18. The van der Waals surface area contributed by atoms with Crippen LogP contribution in [0.1, 0.15) is 44.6 Å². The number of para-hydroxylation sites is 1. The summed E-state index contributed by atoms with van der Waals surface area (Å²) in [5.74, 6) is 0.131. The van der Waals surface area contributed by atoms with E-state index in [1.807, 2.05) is 12.1 Å². The summed E-state index contributed by atoms with van der Waals surface area (Å²) >= 11 is 0. The van der Waals surface area contributed by atoms with Gasteiger partial charge < -0.3 is 10.1 Å². The van der Waals surface area contributed by atoms with Crippen LogP contribution in [-0.2, 0) is 6.54 Å². The maximum Gasteiger partial charge on any atom is 0.165 e. The lowest BCUT2D eigenvalue weighted by Crippen LogP contribution is -2.15. The molecular weight excluding hydrogens is 253 g/mol. The second kappa shape index (κ2) is 10.4. The molecule has 112 valence electrons. The Morgan fingerprint density at radius 3 is 2.90 bits per heavy atom. The van der Waals surface area contributed by atoms with Crippen molar-refractivity contribution in [3.05, 3.63) is 42.2 Å². The molecule has 0 saturated heterocycles. The van der Waals surface area contributed by atoms with Crippen molar-refractivity contribution in [2.75, 3.05) is 13.2 Å². The van der Waals surface area contributed by atoms with Crippen LogP contribution in [0.5, 0.6) is 5.75 Å². The summed E-state index contributed by atoms with van der Waals surface area (Å²) in [6, 6.07) is 5.10. The number of hydrogen-bond acceptors (Lipinski definition) is 2. The van der Waals surface area contributed by atoms with Gasteiger partial charge in [-0.25, -0.2) is 4.39 Å². The summed E-state index contributed by atoms with van der Waals surface area (Å²) in [6.45, 7) is 7.95. The zero-order valence-corrected chi connectivity index (χ0v) is 12.5. The highest BCUT2D eigenvalue weighted by molar-refractivity contribution is 5.34. The van der Waals surface area contributed by atoms with Crippen LogP contribution in [0.25, 0.3) is 0 Å². The summed E-state index contributed by atoms with van der Waals surface area (Å²) < 4.78 is 19.5. The van der Waals surface area contributed by atoms with Crippen LogP contribution in [0.4, 0.5) is 4.39 Å². The van der Waals surface area contributed by atoms with Crippen LogP contribution in [0.3, 0.4) is 0 Å². The van der Waals surface area contributed by atoms with Gasteiger partial charge in [0.05, 0.1) is 6.61 Å². The van der Waals surface area contributed by atoms with Crippen molar-refractivity contribution in [2.24, 2.45) is 0 Å². The molecule has 2 nitrogen and oxygen atoms in total. The van der Waals surface area contributed by atoms with E-state index in [0.29, 0.717) is 18.9 Å². The van der Waals surface area contributed by atoms with Crippen molar-refractivity contribution in [2.45, 2.75) is 45.6 Å². The maximum atomic E-state index is 13.8. The minimum absolute atomic E-state index is 0.271. The van der Waals surface area contributed by atoms with Crippen LogP contribution < -0.4 is 10.1 Å². The monoisotopic (exact) mass is 279 g/mol. The number of nitrogens with one attached hydrogen (secondary N) is 1. The molecule has 1 N–H and O–H groups in total. The largest absolute Gasteiger partial charge is 0.490 e. The number of halogens is 1. The van der Waals surface area contributed by atoms with Gasteiger partial charge in [-0.05, 0) is 44.7 Å². The molecule has 1 aromatic rings. The topological polar surface area (TPSA) is 21.3 Å². The third-order valence-corrected chi connectivity index (χ3v) is 3.09. The fourth-order valence-electron chi connectivity index (χ4n) is 2.00. The van der Waals surface area contributed by atoms with Crippen LogP contribution >= 0.6 is 0 Å². The molecule has 0 bridgehead atoms. The minimum Gasteiger partial charge on any atom is -0.490 e. The number of benzene rings is 1. The highest BCUT2D eigenvalue weighted by Crippen LogP contribution is 2.23. The van der Waals surface area contributed by atoms with Crippen molar-refractivity contribution >= 4 is 0 Å². The Kier molecular flexibility index (Phi) is 8.72. The third kappa shape index (κ3) is 6.20. The van der Waals surface area contributed by atoms with Gasteiger partial charge in [-0.1, -0.05) is 25.1 Å². The molecule has 0 spiro atoms. The Morgan fingerprint density at radius 1 is 1.30 bits per heavy atom. The summed E-state index contributed by atoms with van der Waals surface area (Å²) in [4.78, 5) is 0. The van der Waals surface area contributed by atoms with E-state index in [0.717, 1.165) is 44.2 Å². The Hall–Kier alpha value is -1.35. The number of rotatable bonds is 11. The molecule has 0 amide bonds. The van der Waals surface area contributed by atoms with Gasteiger partial charge in [0, 0.05) is 12.1 Å². The van der Waals surface area contributed by atoms with Crippen molar-refractivity contribution < 1.29 is 9.13 Å². The molecule has 1 aromatic carbocycles. The molecule has 0 unspecified atom stereocenters. The predicted molar refractivity (Wildman–Crippen MR) is 82.6 cm³/mol. The molecule has 0 heterocycles. The summed E-state index contributed by atoms with van der Waals surface area (Å²) in [7, 11) is 0. The predicted octanol–water partition coefficient (Wildman–Crippen LogP) is 4.45. The third-order valence-electron chi connectivity index (χ3n) is 3.09. The number of allylic oxidation sites excluding steroid dienone is 1. The number of unbranched alkanes of at least 4 members (excludes halogenated alkanes) is 3. The van der Waals surface area contributed by atoms with Gasteiger partial charge in [0.1, 0.15) is 0 Å². The summed E-state index contributed by atoms with van der Waals surface area (Å²) in [5.41, 5.74) is 0.893. The van der Waals surface area contributed by atoms with E-state index in [-0.39, 0.29) is 5.82 Å². The fraction of sp³-hybridized carbons (Fsp3) is 0.529. The first-order valence-electron chi connectivity index (χ1n) is 7.51. The molecule has 1 rings (SSSR count). The second-order valence-electron chi connectivity index (χ2n) is 4.89. The van der Waals surface area contributed by atoms with Crippen LogP contribution in [0, 0.1) is 5.82 Å². The Morgan fingerprint density at radius 2 is 2.15 bits per heavy atom. The molecule has 0 aliphatic rings. The highest BCUT2D eigenvalue weighted by atomic mass is 19.1. The van der Waals surface area contributed by atoms with Crippen LogP contribution in [-0.4, -0.2) is 13.2 Å². The van der Waals surface area contributed by atoms with Crippen LogP contribution in [0.15, 0.2) is 30.9 Å².